The molecule has 0 unspecified atom stereocenters. The van der Waals surface area contributed by atoms with Gasteiger partial charge in [0.25, 0.3) is 0 Å². The first-order valence-corrected chi connectivity index (χ1v) is 9.94. The van der Waals surface area contributed by atoms with Crippen LogP contribution in [0.3, 0.4) is 0 Å². The highest BCUT2D eigenvalue weighted by molar-refractivity contribution is 5.91. The molecule has 0 aliphatic rings. The Hall–Kier alpha value is -2.50. The molecule has 156 valence electrons. The van der Waals surface area contributed by atoms with E-state index in [-0.39, 0.29) is 11.9 Å². The van der Waals surface area contributed by atoms with Gasteiger partial charge in [-0.2, -0.15) is 0 Å². The van der Waals surface area contributed by atoms with E-state index in [0.717, 1.165) is 44.1 Å². The number of ether oxygens (including phenoxy) is 3. The molecule has 0 saturated carbocycles. The number of esters is 1. The van der Waals surface area contributed by atoms with E-state index in [4.69, 9.17) is 9.47 Å². The zero-order valence-corrected chi connectivity index (χ0v) is 17.3. The van der Waals surface area contributed by atoms with Gasteiger partial charge >= 0.3 is 5.97 Å². The van der Waals surface area contributed by atoms with Crippen LogP contribution in [0.15, 0.2) is 24.3 Å². The molecule has 6 nitrogen and oxygen atoms in total. The first kappa shape index (κ1) is 23.5. The molecule has 0 aliphatic carbocycles. The average molecular weight is 392 g/mol. The van der Waals surface area contributed by atoms with Gasteiger partial charge in [-0.05, 0) is 43.0 Å². The lowest BCUT2D eigenvalue weighted by Gasteiger charge is -2.11. The maximum Gasteiger partial charge on any atom is 0.305 e. The highest BCUT2D eigenvalue weighted by atomic mass is 16.5. The lowest BCUT2D eigenvalue weighted by Crippen LogP contribution is -2.21. The molecule has 0 bridgehead atoms. The average Bonchev–Trinajstić information content (AvgIpc) is 2.71. The monoisotopic (exact) mass is 391 g/mol. The van der Waals surface area contributed by atoms with Gasteiger partial charge in [0, 0.05) is 19.0 Å². The number of amides is 1. The maximum absolute atomic E-state index is 11.9. The van der Waals surface area contributed by atoms with E-state index < -0.39 is 0 Å². The number of rotatable bonds is 14. The summed E-state index contributed by atoms with van der Waals surface area (Å²) >= 11 is 0. The highest BCUT2D eigenvalue weighted by Crippen LogP contribution is 2.28. The first-order chi connectivity index (χ1) is 13.6. The molecule has 1 amide bonds. The topological polar surface area (TPSA) is 73.9 Å². The Morgan fingerprint density at radius 3 is 2.54 bits per heavy atom. The van der Waals surface area contributed by atoms with Crippen LogP contribution >= 0.6 is 0 Å². The van der Waals surface area contributed by atoms with E-state index in [9.17, 15) is 9.59 Å². The van der Waals surface area contributed by atoms with Crippen molar-refractivity contribution in [1.29, 1.82) is 0 Å². The first-order valence-electron chi connectivity index (χ1n) is 9.94. The molecule has 0 fully saturated rings. The van der Waals surface area contributed by atoms with E-state index in [0.29, 0.717) is 31.1 Å². The Morgan fingerprint density at radius 2 is 1.82 bits per heavy atom. The van der Waals surface area contributed by atoms with Crippen molar-refractivity contribution in [2.75, 3.05) is 27.4 Å². The van der Waals surface area contributed by atoms with E-state index in [2.05, 4.69) is 17.0 Å². The lowest BCUT2D eigenvalue weighted by molar-refractivity contribution is -0.140. The molecule has 28 heavy (non-hydrogen) atoms. The largest absolute Gasteiger partial charge is 0.493 e. The molecule has 0 atom stereocenters. The van der Waals surface area contributed by atoms with Gasteiger partial charge in [0.05, 0.1) is 20.8 Å². The Morgan fingerprint density at radius 1 is 1.04 bits per heavy atom. The maximum atomic E-state index is 11.9. The minimum Gasteiger partial charge on any atom is -0.493 e. The molecule has 0 aliphatic heterocycles. The fraction of sp³-hybridized carbons (Fsp3) is 0.545. The summed E-state index contributed by atoms with van der Waals surface area (Å²) in [5.41, 5.74) is 0.873. The molecular weight excluding hydrogens is 358 g/mol. The van der Waals surface area contributed by atoms with Crippen molar-refractivity contribution in [3.63, 3.8) is 0 Å². The zero-order chi connectivity index (χ0) is 20.6. The van der Waals surface area contributed by atoms with Crippen molar-refractivity contribution in [3.05, 3.63) is 29.8 Å². The van der Waals surface area contributed by atoms with E-state index >= 15 is 0 Å². The highest BCUT2D eigenvalue weighted by Gasteiger charge is 2.05. The van der Waals surface area contributed by atoms with Crippen LogP contribution in [0.1, 0.15) is 57.4 Å². The number of methoxy groups -OCH3 is 2. The van der Waals surface area contributed by atoms with Gasteiger partial charge in [0.15, 0.2) is 11.5 Å². The summed E-state index contributed by atoms with van der Waals surface area (Å²) < 4.78 is 15.7. The van der Waals surface area contributed by atoms with Crippen LogP contribution in [0.4, 0.5) is 0 Å². The second-order valence-corrected chi connectivity index (χ2v) is 6.48. The van der Waals surface area contributed by atoms with E-state index in [1.807, 2.05) is 18.2 Å². The molecule has 0 spiro atoms. The summed E-state index contributed by atoms with van der Waals surface area (Å²) in [5, 5.41) is 2.86. The van der Waals surface area contributed by atoms with Crippen LogP contribution in [0, 0.1) is 0 Å². The van der Waals surface area contributed by atoms with Crippen molar-refractivity contribution >= 4 is 18.0 Å². The Labute approximate surface area is 168 Å². The molecule has 0 heterocycles. The van der Waals surface area contributed by atoms with Crippen molar-refractivity contribution in [1.82, 2.24) is 5.32 Å². The molecule has 1 aromatic rings. The van der Waals surface area contributed by atoms with Crippen molar-refractivity contribution < 1.29 is 23.8 Å². The van der Waals surface area contributed by atoms with Gasteiger partial charge in [0.1, 0.15) is 0 Å². The Balaban J connectivity index is 2.32. The standard InChI is InChI=1S/C22H33NO5/c1-4-5-16-28-19-13-11-18(17-20(19)26-2)12-14-21(24)23-15-9-7-6-8-10-22(25)27-3/h11-14,17H,4-10,15-16H2,1-3H3,(H,23,24)/b14-12+. The molecule has 1 rings (SSSR count). The van der Waals surface area contributed by atoms with Gasteiger partial charge < -0.3 is 19.5 Å². The van der Waals surface area contributed by atoms with E-state index in [1.54, 1.807) is 13.2 Å². The molecule has 0 aromatic heterocycles. The van der Waals surface area contributed by atoms with Crippen LogP contribution in [0.25, 0.3) is 6.08 Å². The summed E-state index contributed by atoms with van der Waals surface area (Å²) in [4.78, 5) is 22.9. The summed E-state index contributed by atoms with van der Waals surface area (Å²) in [6, 6.07) is 5.61. The van der Waals surface area contributed by atoms with Crippen LogP contribution in [-0.2, 0) is 14.3 Å². The van der Waals surface area contributed by atoms with Crippen LogP contribution in [-0.4, -0.2) is 39.2 Å². The number of hydrogen-bond acceptors (Lipinski definition) is 5. The van der Waals surface area contributed by atoms with Gasteiger partial charge in [-0.3, -0.25) is 9.59 Å². The second kappa shape index (κ2) is 14.5. The van der Waals surface area contributed by atoms with Gasteiger partial charge in [0.2, 0.25) is 5.91 Å². The fourth-order valence-electron chi connectivity index (χ4n) is 2.53. The van der Waals surface area contributed by atoms with Crippen LogP contribution in [0.2, 0.25) is 0 Å². The number of benzene rings is 1. The summed E-state index contributed by atoms with van der Waals surface area (Å²) in [7, 11) is 3.00. The predicted octanol–water partition coefficient (Wildman–Crippen LogP) is 4.13. The van der Waals surface area contributed by atoms with Crippen molar-refractivity contribution in [3.8, 4) is 11.5 Å². The van der Waals surface area contributed by atoms with Gasteiger partial charge in [-0.25, -0.2) is 0 Å². The minimum atomic E-state index is -0.171. The van der Waals surface area contributed by atoms with E-state index in [1.165, 1.54) is 13.2 Å². The lowest BCUT2D eigenvalue weighted by atomic mass is 10.1. The zero-order valence-electron chi connectivity index (χ0n) is 17.3. The number of carbonyl (C=O) groups excluding carboxylic acids is 2. The second-order valence-electron chi connectivity index (χ2n) is 6.48. The molecule has 6 heteroatoms. The predicted molar refractivity (Wildman–Crippen MR) is 111 cm³/mol. The van der Waals surface area contributed by atoms with Gasteiger partial charge in [-0.15, -0.1) is 0 Å². The van der Waals surface area contributed by atoms with Crippen molar-refractivity contribution in [2.45, 2.75) is 51.9 Å². The third kappa shape index (κ3) is 10.00. The van der Waals surface area contributed by atoms with Crippen LogP contribution < -0.4 is 14.8 Å². The Kier molecular flexibility index (Phi) is 12.2. The molecule has 1 aromatic carbocycles. The third-order valence-electron chi connectivity index (χ3n) is 4.20. The number of carbonyl (C=O) groups is 2. The van der Waals surface area contributed by atoms with Crippen molar-refractivity contribution in [2.24, 2.45) is 0 Å². The molecular formula is C22H33NO5. The van der Waals surface area contributed by atoms with Crippen LogP contribution in [0.5, 0.6) is 11.5 Å². The smallest absolute Gasteiger partial charge is 0.305 e. The summed E-state index contributed by atoms with van der Waals surface area (Å²) in [6.45, 7) is 3.40. The number of hydrogen-bond donors (Lipinski definition) is 1. The SMILES string of the molecule is CCCCOc1ccc(/C=C/C(=O)NCCCCCCC(=O)OC)cc1OC. The minimum absolute atomic E-state index is 0.128. The summed E-state index contributed by atoms with van der Waals surface area (Å²) in [6.07, 6.45) is 9.43. The molecule has 0 saturated heterocycles. The Bertz CT molecular complexity index is 627. The summed E-state index contributed by atoms with van der Waals surface area (Å²) in [5.74, 6) is 1.07. The third-order valence-corrected chi connectivity index (χ3v) is 4.20. The molecule has 0 radical (unpaired) electrons. The molecule has 1 N–H and O–H groups in total. The van der Waals surface area contributed by atoms with Gasteiger partial charge in [-0.1, -0.05) is 32.3 Å². The fourth-order valence-corrected chi connectivity index (χ4v) is 2.53. The number of nitrogens with one attached hydrogen (secondary N) is 1. The number of unbranched alkanes of at least 4 members (excludes halogenated alkanes) is 4. The normalized spacial score (nSPS) is 10.7. The quantitative estimate of drug-likeness (QED) is 0.293.